The van der Waals surface area contributed by atoms with E-state index in [1.54, 1.807) is 13.3 Å². The third-order valence-electron chi connectivity index (χ3n) is 5.26. The molecule has 0 saturated heterocycles. The minimum absolute atomic E-state index is 0.144. The number of carbonyl (C=O) groups excluding carboxylic acids is 1. The monoisotopic (exact) mass is 497 g/mol. The van der Waals surface area contributed by atoms with Gasteiger partial charge in [-0.1, -0.05) is 65.9 Å². The molecule has 0 atom stereocenters. The number of hydrazone groups is 1. The van der Waals surface area contributed by atoms with Gasteiger partial charge in [0.2, 0.25) is 0 Å². The van der Waals surface area contributed by atoms with E-state index in [0.717, 1.165) is 33.7 Å². The molecule has 0 saturated carbocycles. The fourth-order valence-corrected chi connectivity index (χ4v) is 4.18. The molecule has 4 rings (SSSR count). The van der Waals surface area contributed by atoms with Gasteiger partial charge in [-0.05, 0) is 61.4 Å². The molecule has 3 aromatic carbocycles. The molecule has 0 radical (unpaired) electrons. The zero-order valence-electron chi connectivity index (χ0n) is 20.4. The number of methoxy groups -OCH3 is 1. The highest BCUT2D eigenvalue weighted by molar-refractivity contribution is 7.99. The third kappa shape index (κ3) is 6.49. The number of amides is 1. The van der Waals surface area contributed by atoms with Crippen molar-refractivity contribution in [2.75, 3.05) is 12.9 Å². The topological polar surface area (TPSA) is 81.4 Å². The van der Waals surface area contributed by atoms with Gasteiger partial charge in [-0.25, -0.2) is 5.43 Å². The lowest BCUT2D eigenvalue weighted by atomic mass is 10.1. The maximum atomic E-state index is 12.5. The van der Waals surface area contributed by atoms with Crippen molar-refractivity contribution in [3.05, 3.63) is 95.6 Å². The van der Waals surface area contributed by atoms with Crippen LogP contribution in [-0.2, 0) is 4.79 Å². The molecule has 4 aromatic rings. The zero-order valence-corrected chi connectivity index (χ0v) is 21.2. The number of allylic oxidation sites excluding steroid dienone is 1. The number of nitrogens with zero attached hydrogens (tertiary/aromatic N) is 4. The van der Waals surface area contributed by atoms with Gasteiger partial charge in [0.25, 0.3) is 5.91 Å². The molecule has 7 nitrogen and oxygen atoms in total. The fraction of sp³-hybridized carbons (Fsp3) is 0.143. The second kappa shape index (κ2) is 12.0. The Kier molecular flexibility index (Phi) is 8.31. The van der Waals surface area contributed by atoms with Crippen LogP contribution in [0.5, 0.6) is 5.75 Å². The average Bonchev–Trinajstić information content (AvgIpc) is 3.32. The number of aromatic nitrogens is 3. The molecule has 0 bridgehead atoms. The van der Waals surface area contributed by atoms with Gasteiger partial charge in [0, 0.05) is 11.3 Å². The van der Waals surface area contributed by atoms with Crippen LogP contribution in [0, 0.1) is 6.92 Å². The van der Waals surface area contributed by atoms with Crippen LogP contribution in [0.15, 0.2) is 94.7 Å². The van der Waals surface area contributed by atoms with E-state index in [0.29, 0.717) is 11.0 Å². The van der Waals surface area contributed by atoms with Crippen molar-refractivity contribution in [3.8, 4) is 22.8 Å². The van der Waals surface area contributed by atoms with E-state index in [-0.39, 0.29) is 11.7 Å². The minimum atomic E-state index is -0.229. The Hall–Kier alpha value is -4.17. The van der Waals surface area contributed by atoms with Crippen molar-refractivity contribution in [1.29, 1.82) is 0 Å². The van der Waals surface area contributed by atoms with E-state index >= 15 is 0 Å². The molecule has 0 aliphatic rings. The molecular formula is C28H27N5O2S. The summed E-state index contributed by atoms with van der Waals surface area (Å²) in [5.41, 5.74) is 7.55. The molecule has 1 amide bonds. The zero-order chi connectivity index (χ0) is 25.3. The number of ether oxygens (including phenoxy) is 1. The lowest BCUT2D eigenvalue weighted by Crippen LogP contribution is -2.20. The summed E-state index contributed by atoms with van der Waals surface area (Å²) in [6, 6.07) is 25.7. The molecule has 0 spiro atoms. The van der Waals surface area contributed by atoms with Gasteiger partial charge in [0.15, 0.2) is 11.0 Å². The Morgan fingerprint density at radius 1 is 1.03 bits per heavy atom. The van der Waals surface area contributed by atoms with Crippen LogP contribution in [-0.4, -0.2) is 39.7 Å². The number of carbonyl (C=O) groups is 1. The van der Waals surface area contributed by atoms with E-state index in [1.807, 2.05) is 103 Å². The van der Waals surface area contributed by atoms with E-state index in [1.165, 1.54) is 11.8 Å². The Labute approximate surface area is 214 Å². The highest BCUT2D eigenvalue weighted by atomic mass is 32.2. The van der Waals surface area contributed by atoms with Crippen LogP contribution in [0.3, 0.4) is 0 Å². The van der Waals surface area contributed by atoms with Crippen LogP contribution in [0.4, 0.5) is 0 Å². The summed E-state index contributed by atoms with van der Waals surface area (Å²) >= 11 is 1.30. The van der Waals surface area contributed by atoms with Crippen molar-refractivity contribution in [2.24, 2.45) is 5.10 Å². The number of thioether (sulfide) groups is 1. The first kappa shape index (κ1) is 24.9. The van der Waals surface area contributed by atoms with Crippen LogP contribution >= 0.6 is 11.8 Å². The largest absolute Gasteiger partial charge is 0.497 e. The molecule has 0 unspecified atom stereocenters. The molecule has 36 heavy (non-hydrogen) atoms. The van der Waals surface area contributed by atoms with E-state index in [2.05, 4.69) is 20.7 Å². The van der Waals surface area contributed by atoms with Crippen LogP contribution in [0.1, 0.15) is 18.1 Å². The molecule has 8 heteroatoms. The summed E-state index contributed by atoms with van der Waals surface area (Å²) in [7, 11) is 1.63. The summed E-state index contributed by atoms with van der Waals surface area (Å²) < 4.78 is 7.23. The standard InChI is InChI=1S/C28H27N5O2S/c1-20-9-13-24(14-10-20)33-27(23-11-15-25(35-3)16-12-23)31-32-28(33)36-19-26(34)30-29-18-21(2)17-22-7-5-4-6-8-22/h4-18H,19H2,1-3H3,(H,30,34)/b21-17+,29-18-. The first-order valence-corrected chi connectivity index (χ1v) is 12.4. The highest BCUT2D eigenvalue weighted by Gasteiger charge is 2.17. The van der Waals surface area contributed by atoms with Gasteiger partial charge in [-0.15, -0.1) is 10.2 Å². The van der Waals surface area contributed by atoms with Crippen molar-refractivity contribution in [1.82, 2.24) is 20.2 Å². The Bertz CT molecular complexity index is 1360. The molecule has 1 N–H and O–H groups in total. The second-order valence-electron chi connectivity index (χ2n) is 8.09. The molecule has 1 heterocycles. The SMILES string of the molecule is COc1ccc(-c2nnc(SCC(=O)N/N=C\C(C)=C\c3ccccc3)n2-c2ccc(C)cc2)cc1. The Morgan fingerprint density at radius 3 is 2.44 bits per heavy atom. The predicted molar refractivity (Wildman–Crippen MR) is 146 cm³/mol. The molecule has 182 valence electrons. The van der Waals surface area contributed by atoms with E-state index in [9.17, 15) is 4.79 Å². The van der Waals surface area contributed by atoms with E-state index < -0.39 is 0 Å². The van der Waals surface area contributed by atoms with Gasteiger partial charge < -0.3 is 4.74 Å². The van der Waals surface area contributed by atoms with Gasteiger partial charge >= 0.3 is 0 Å². The molecule has 0 fully saturated rings. The summed E-state index contributed by atoms with van der Waals surface area (Å²) in [6.45, 7) is 3.97. The minimum Gasteiger partial charge on any atom is -0.497 e. The van der Waals surface area contributed by atoms with Crippen molar-refractivity contribution >= 4 is 30.0 Å². The maximum absolute atomic E-state index is 12.5. The summed E-state index contributed by atoms with van der Waals surface area (Å²) in [5, 5.41) is 13.5. The fourth-order valence-electron chi connectivity index (χ4n) is 3.43. The van der Waals surface area contributed by atoms with Crippen LogP contribution in [0.25, 0.3) is 23.2 Å². The third-order valence-corrected chi connectivity index (χ3v) is 6.19. The van der Waals surface area contributed by atoms with Gasteiger partial charge in [0.1, 0.15) is 5.75 Å². The number of nitrogens with one attached hydrogen (secondary N) is 1. The maximum Gasteiger partial charge on any atom is 0.250 e. The van der Waals surface area contributed by atoms with Crippen molar-refractivity contribution < 1.29 is 9.53 Å². The molecule has 0 aliphatic carbocycles. The molecular weight excluding hydrogens is 470 g/mol. The average molecular weight is 498 g/mol. The van der Waals surface area contributed by atoms with Crippen LogP contribution in [0.2, 0.25) is 0 Å². The molecule has 0 aliphatic heterocycles. The van der Waals surface area contributed by atoms with Crippen molar-refractivity contribution in [3.63, 3.8) is 0 Å². The smallest absolute Gasteiger partial charge is 0.250 e. The number of hydrogen-bond acceptors (Lipinski definition) is 6. The van der Waals surface area contributed by atoms with Crippen molar-refractivity contribution in [2.45, 2.75) is 19.0 Å². The quantitative estimate of drug-likeness (QED) is 0.186. The first-order chi connectivity index (χ1) is 17.5. The Balaban J connectivity index is 1.47. The van der Waals surface area contributed by atoms with Crippen LogP contribution < -0.4 is 10.2 Å². The summed E-state index contributed by atoms with van der Waals surface area (Å²) in [4.78, 5) is 12.5. The first-order valence-electron chi connectivity index (χ1n) is 11.4. The van der Waals surface area contributed by atoms with E-state index in [4.69, 9.17) is 4.74 Å². The number of benzene rings is 3. The number of rotatable bonds is 9. The lowest BCUT2D eigenvalue weighted by molar-refractivity contribution is -0.118. The number of aryl methyl sites for hydroxylation is 1. The van der Waals surface area contributed by atoms with Gasteiger partial charge in [-0.3, -0.25) is 9.36 Å². The second-order valence-corrected chi connectivity index (χ2v) is 9.03. The normalized spacial score (nSPS) is 11.6. The lowest BCUT2D eigenvalue weighted by Gasteiger charge is -2.11. The number of hydrogen-bond donors (Lipinski definition) is 1. The summed E-state index contributed by atoms with van der Waals surface area (Å²) in [5.74, 6) is 1.36. The molecule has 1 aromatic heterocycles. The van der Waals surface area contributed by atoms with Gasteiger partial charge in [-0.2, -0.15) is 5.10 Å². The van der Waals surface area contributed by atoms with Gasteiger partial charge in [0.05, 0.1) is 19.1 Å². The summed E-state index contributed by atoms with van der Waals surface area (Å²) in [6.07, 6.45) is 3.63. The predicted octanol–water partition coefficient (Wildman–Crippen LogP) is 5.55. The highest BCUT2D eigenvalue weighted by Crippen LogP contribution is 2.29. The Morgan fingerprint density at radius 2 is 1.75 bits per heavy atom.